The summed E-state index contributed by atoms with van der Waals surface area (Å²) in [5.41, 5.74) is 8.20. The largest absolute Gasteiger partial charge is 0.333 e. The molecule has 2 N–H and O–H groups in total. The van der Waals surface area contributed by atoms with E-state index in [4.69, 9.17) is 5.73 Å². The van der Waals surface area contributed by atoms with Crippen LogP contribution in [-0.4, -0.2) is 9.55 Å². The van der Waals surface area contributed by atoms with Gasteiger partial charge in [0.05, 0.1) is 12.2 Å². The highest BCUT2D eigenvalue weighted by Crippen LogP contribution is 2.16. The number of hydrogen-bond donors (Lipinski definition) is 1. The molecule has 1 heterocycles. The van der Waals surface area contributed by atoms with Crippen LogP contribution in [0.2, 0.25) is 0 Å². The van der Waals surface area contributed by atoms with Crippen molar-refractivity contribution in [1.82, 2.24) is 9.55 Å². The Kier molecular flexibility index (Phi) is 3.24. The Hall–Kier alpha value is -1.68. The highest BCUT2D eigenvalue weighted by atomic mass is 19.1. The van der Waals surface area contributed by atoms with E-state index in [1.807, 2.05) is 24.6 Å². The normalized spacial score (nSPS) is 10.8. The summed E-state index contributed by atoms with van der Waals surface area (Å²) in [6.45, 7) is 2.32. The summed E-state index contributed by atoms with van der Waals surface area (Å²) in [7, 11) is 1.92. The Balaban J connectivity index is 2.37. The molecule has 0 aliphatic rings. The van der Waals surface area contributed by atoms with Crippen molar-refractivity contribution >= 4 is 0 Å². The van der Waals surface area contributed by atoms with Gasteiger partial charge in [0.25, 0.3) is 0 Å². The Morgan fingerprint density at radius 2 is 2.06 bits per heavy atom. The number of hydrogen-bond acceptors (Lipinski definition) is 2. The van der Waals surface area contributed by atoms with Crippen molar-refractivity contribution in [2.24, 2.45) is 12.8 Å². The predicted molar refractivity (Wildman–Crippen MR) is 65.0 cm³/mol. The van der Waals surface area contributed by atoms with Gasteiger partial charge in [0.1, 0.15) is 11.6 Å². The van der Waals surface area contributed by atoms with Gasteiger partial charge >= 0.3 is 0 Å². The van der Waals surface area contributed by atoms with E-state index in [9.17, 15) is 4.39 Å². The van der Waals surface area contributed by atoms with E-state index in [-0.39, 0.29) is 5.82 Å². The Morgan fingerprint density at radius 1 is 1.35 bits per heavy atom. The number of benzene rings is 1. The van der Waals surface area contributed by atoms with Crippen molar-refractivity contribution < 1.29 is 4.39 Å². The van der Waals surface area contributed by atoms with E-state index in [2.05, 4.69) is 4.98 Å². The minimum absolute atomic E-state index is 0.178. The SMILES string of the molecule is Cc1nc(CN)n(C)c1Cc1ccccc1F. The molecule has 0 saturated carbocycles. The molecule has 0 aliphatic carbocycles. The molecule has 90 valence electrons. The van der Waals surface area contributed by atoms with Gasteiger partial charge in [-0.25, -0.2) is 9.37 Å². The van der Waals surface area contributed by atoms with Crippen LogP contribution in [0.3, 0.4) is 0 Å². The summed E-state index contributed by atoms with van der Waals surface area (Å²) < 4.78 is 15.5. The fourth-order valence-electron chi connectivity index (χ4n) is 1.98. The number of nitrogens with two attached hydrogens (primary N) is 1. The number of rotatable bonds is 3. The summed E-state index contributed by atoms with van der Waals surface area (Å²) in [6.07, 6.45) is 0.544. The monoisotopic (exact) mass is 233 g/mol. The average molecular weight is 233 g/mol. The first-order chi connectivity index (χ1) is 8.13. The average Bonchev–Trinajstić information content (AvgIpc) is 2.59. The Labute approximate surface area is 100 Å². The molecule has 4 heteroatoms. The zero-order chi connectivity index (χ0) is 12.4. The maximum Gasteiger partial charge on any atom is 0.126 e. The molecular formula is C13H16FN3. The van der Waals surface area contributed by atoms with Gasteiger partial charge in [-0.15, -0.1) is 0 Å². The number of nitrogens with zero attached hydrogens (tertiary/aromatic N) is 2. The number of halogens is 1. The fraction of sp³-hybridized carbons (Fsp3) is 0.308. The van der Waals surface area contributed by atoms with E-state index in [0.717, 1.165) is 17.2 Å². The highest BCUT2D eigenvalue weighted by Gasteiger charge is 2.12. The van der Waals surface area contributed by atoms with Crippen LogP contribution in [0.25, 0.3) is 0 Å². The minimum Gasteiger partial charge on any atom is -0.333 e. The van der Waals surface area contributed by atoms with E-state index in [1.54, 1.807) is 12.1 Å². The lowest BCUT2D eigenvalue weighted by molar-refractivity contribution is 0.611. The summed E-state index contributed by atoms with van der Waals surface area (Å²) >= 11 is 0. The van der Waals surface area contributed by atoms with Crippen LogP contribution in [0.5, 0.6) is 0 Å². The molecule has 3 nitrogen and oxygen atoms in total. The lowest BCUT2D eigenvalue weighted by Gasteiger charge is -2.06. The van der Waals surface area contributed by atoms with Crippen LogP contribution in [0.1, 0.15) is 22.8 Å². The summed E-state index contributed by atoms with van der Waals surface area (Å²) in [6, 6.07) is 6.81. The first kappa shape index (κ1) is 11.8. The minimum atomic E-state index is -0.178. The molecule has 0 fully saturated rings. The van der Waals surface area contributed by atoms with E-state index >= 15 is 0 Å². The highest BCUT2D eigenvalue weighted by molar-refractivity contribution is 5.27. The summed E-state index contributed by atoms with van der Waals surface area (Å²) in [5.74, 6) is 0.649. The van der Waals surface area contributed by atoms with Crippen LogP contribution < -0.4 is 5.73 Å². The zero-order valence-electron chi connectivity index (χ0n) is 10.1. The smallest absolute Gasteiger partial charge is 0.126 e. The van der Waals surface area contributed by atoms with Gasteiger partial charge in [-0.1, -0.05) is 18.2 Å². The quantitative estimate of drug-likeness (QED) is 0.880. The molecule has 0 spiro atoms. The lowest BCUT2D eigenvalue weighted by Crippen LogP contribution is -2.07. The standard InChI is InChI=1S/C13H16FN3/c1-9-12(17(2)13(8-15)16-9)7-10-5-3-4-6-11(10)14/h3-6H,7-8,15H2,1-2H3. The molecule has 1 aromatic heterocycles. The maximum absolute atomic E-state index is 13.6. The van der Waals surface area contributed by atoms with Crippen LogP contribution in [0.15, 0.2) is 24.3 Å². The van der Waals surface area contributed by atoms with Gasteiger partial charge in [0, 0.05) is 19.2 Å². The van der Waals surface area contributed by atoms with Gasteiger partial charge in [-0.2, -0.15) is 0 Å². The molecule has 0 atom stereocenters. The van der Waals surface area contributed by atoms with Gasteiger partial charge in [-0.05, 0) is 18.6 Å². The number of aromatic nitrogens is 2. The molecule has 1 aromatic carbocycles. The molecule has 2 aromatic rings. The molecule has 0 amide bonds. The van der Waals surface area contributed by atoms with Crippen molar-refractivity contribution in [3.05, 3.63) is 52.9 Å². The van der Waals surface area contributed by atoms with E-state index in [1.165, 1.54) is 6.07 Å². The molecule has 0 bridgehead atoms. The molecular weight excluding hydrogens is 217 g/mol. The van der Waals surface area contributed by atoms with Gasteiger partial charge in [0.2, 0.25) is 0 Å². The van der Waals surface area contributed by atoms with Crippen LogP contribution in [0.4, 0.5) is 4.39 Å². The lowest BCUT2D eigenvalue weighted by atomic mass is 10.1. The van der Waals surface area contributed by atoms with Gasteiger partial charge < -0.3 is 10.3 Å². The molecule has 0 unspecified atom stereocenters. The molecule has 17 heavy (non-hydrogen) atoms. The van der Waals surface area contributed by atoms with Crippen molar-refractivity contribution in [3.8, 4) is 0 Å². The molecule has 2 rings (SSSR count). The van der Waals surface area contributed by atoms with Crippen molar-refractivity contribution in [1.29, 1.82) is 0 Å². The van der Waals surface area contributed by atoms with Crippen LogP contribution in [0, 0.1) is 12.7 Å². The molecule has 0 radical (unpaired) electrons. The van der Waals surface area contributed by atoms with Crippen molar-refractivity contribution in [2.45, 2.75) is 19.9 Å². The summed E-state index contributed by atoms with van der Waals surface area (Å²) in [5, 5.41) is 0. The first-order valence-electron chi connectivity index (χ1n) is 5.58. The van der Waals surface area contributed by atoms with Crippen LogP contribution in [-0.2, 0) is 20.0 Å². The first-order valence-corrected chi connectivity index (χ1v) is 5.58. The zero-order valence-corrected chi connectivity index (χ0v) is 10.1. The van der Waals surface area contributed by atoms with Crippen molar-refractivity contribution in [3.63, 3.8) is 0 Å². The third-order valence-corrected chi connectivity index (χ3v) is 3.00. The second-order valence-electron chi connectivity index (χ2n) is 4.09. The Bertz CT molecular complexity index is 531. The molecule has 0 aliphatic heterocycles. The number of aryl methyl sites for hydroxylation is 1. The van der Waals surface area contributed by atoms with Gasteiger partial charge in [0.15, 0.2) is 0 Å². The fourth-order valence-corrected chi connectivity index (χ4v) is 1.98. The van der Waals surface area contributed by atoms with Crippen molar-refractivity contribution in [2.75, 3.05) is 0 Å². The molecule has 0 saturated heterocycles. The Morgan fingerprint density at radius 3 is 2.65 bits per heavy atom. The van der Waals surface area contributed by atoms with Gasteiger partial charge in [-0.3, -0.25) is 0 Å². The van der Waals surface area contributed by atoms with Crippen LogP contribution >= 0.6 is 0 Å². The predicted octanol–water partition coefficient (Wildman–Crippen LogP) is 1.92. The maximum atomic E-state index is 13.6. The topological polar surface area (TPSA) is 43.8 Å². The third kappa shape index (κ3) is 2.22. The number of imidazole rings is 1. The van der Waals surface area contributed by atoms with E-state index < -0.39 is 0 Å². The second kappa shape index (κ2) is 4.67. The summed E-state index contributed by atoms with van der Waals surface area (Å²) in [4.78, 5) is 4.37. The third-order valence-electron chi connectivity index (χ3n) is 3.00. The second-order valence-corrected chi connectivity index (χ2v) is 4.09. The van der Waals surface area contributed by atoms with E-state index in [0.29, 0.717) is 18.5 Å².